The first-order valence-corrected chi connectivity index (χ1v) is 7.87. The van der Waals surface area contributed by atoms with Crippen LogP contribution in [0.15, 0.2) is 57.6 Å². The number of hydrogen-bond acceptors (Lipinski definition) is 2. The molecule has 5 heteroatoms. The minimum absolute atomic E-state index is 0.575. The van der Waals surface area contributed by atoms with Crippen LogP contribution >= 0.6 is 43.5 Å². The lowest BCUT2D eigenvalue weighted by Gasteiger charge is -2.11. The van der Waals surface area contributed by atoms with Crippen molar-refractivity contribution in [2.45, 2.75) is 0 Å². The molecule has 3 aromatic rings. The van der Waals surface area contributed by atoms with Crippen LogP contribution in [-0.2, 0) is 0 Å². The normalized spacial score (nSPS) is 10.8. The van der Waals surface area contributed by atoms with Gasteiger partial charge in [0.25, 0.3) is 0 Å². The lowest BCUT2D eigenvalue weighted by atomic mass is 10.1. The van der Waals surface area contributed by atoms with E-state index in [1.165, 1.54) is 0 Å². The first-order chi connectivity index (χ1) is 9.65. The number of nitrogens with one attached hydrogen (secondary N) is 1. The SMILES string of the molecule is Clc1cc(Br)cnc1Nc1ccc(Br)c2ccccc12. The van der Waals surface area contributed by atoms with Gasteiger partial charge in [-0.2, -0.15) is 0 Å². The molecule has 0 saturated carbocycles. The second-order valence-electron chi connectivity index (χ2n) is 4.25. The summed E-state index contributed by atoms with van der Waals surface area (Å²) in [6.45, 7) is 0. The van der Waals surface area contributed by atoms with Crippen LogP contribution in [0.3, 0.4) is 0 Å². The Hall–Kier alpha value is -1.10. The van der Waals surface area contributed by atoms with Gasteiger partial charge in [-0.05, 0) is 39.5 Å². The van der Waals surface area contributed by atoms with E-state index in [1.807, 2.05) is 30.3 Å². The van der Waals surface area contributed by atoms with Gasteiger partial charge in [0.15, 0.2) is 0 Å². The van der Waals surface area contributed by atoms with Gasteiger partial charge in [0, 0.05) is 26.2 Å². The van der Waals surface area contributed by atoms with Crippen LogP contribution in [0.5, 0.6) is 0 Å². The maximum absolute atomic E-state index is 6.20. The number of anilines is 2. The van der Waals surface area contributed by atoms with Gasteiger partial charge in [0.2, 0.25) is 0 Å². The molecule has 0 spiro atoms. The van der Waals surface area contributed by atoms with E-state index in [9.17, 15) is 0 Å². The Bertz CT molecular complexity index is 790. The summed E-state index contributed by atoms with van der Waals surface area (Å²) in [5.74, 6) is 0.641. The molecule has 0 aliphatic carbocycles. The zero-order valence-electron chi connectivity index (χ0n) is 10.2. The summed E-state index contributed by atoms with van der Waals surface area (Å²) in [4.78, 5) is 4.30. The average molecular weight is 413 g/mol. The molecule has 0 aliphatic heterocycles. The fourth-order valence-electron chi connectivity index (χ4n) is 2.01. The van der Waals surface area contributed by atoms with E-state index in [-0.39, 0.29) is 0 Å². The van der Waals surface area contributed by atoms with Crippen molar-refractivity contribution in [2.24, 2.45) is 0 Å². The van der Waals surface area contributed by atoms with Crippen LogP contribution in [0.4, 0.5) is 11.5 Å². The van der Waals surface area contributed by atoms with E-state index in [2.05, 4.69) is 54.3 Å². The van der Waals surface area contributed by atoms with Gasteiger partial charge >= 0.3 is 0 Å². The molecular formula is C15H9Br2ClN2. The van der Waals surface area contributed by atoms with Gasteiger partial charge in [-0.3, -0.25) is 0 Å². The third-order valence-electron chi connectivity index (χ3n) is 2.93. The molecule has 2 aromatic carbocycles. The molecule has 20 heavy (non-hydrogen) atoms. The highest BCUT2D eigenvalue weighted by Gasteiger charge is 2.07. The quantitative estimate of drug-likeness (QED) is 0.545. The molecule has 100 valence electrons. The second kappa shape index (κ2) is 5.72. The van der Waals surface area contributed by atoms with Crippen molar-refractivity contribution in [3.63, 3.8) is 0 Å². The number of hydrogen-bond donors (Lipinski definition) is 1. The molecule has 0 radical (unpaired) electrons. The summed E-state index contributed by atoms with van der Waals surface area (Å²) in [6.07, 6.45) is 1.72. The Balaban J connectivity index is 2.09. The maximum Gasteiger partial charge on any atom is 0.149 e. The van der Waals surface area contributed by atoms with Gasteiger partial charge in [-0.15, -0.1) is 0 Å². The predicted molar refractivity (Wildman–Crippen MR) is 91.9 cm³/mol. The van der Waals surface area contributed by atoms with Crippen molar-refractivity contribution in [1.82, 2.24) is 4.98 Å². The highest BCUT2D eigenvalue weighted by molar-refractivity contribution is 9.11. The topological polar surface area (TPSA) is 24.9 Å². The second-order valence-corrected chi connectivity index (χ2v) is 6.43. The zero-order valence-corrected chi connectivity index (χ0v) is 14.1. The number of fused-ring (bicyclic) bond motifs is 1. The van der Waals surface area contributed by atoms with E-state index >= 15 is 0 Å². The van der Waals surface area contributed by atoms with Gasteiger partial charge < -0.3 is 5.32 Å². The molecule has 1 heterocycles. The Morgan fingerprint density at radius 1 is 1.00 bits per heavy atom. The summed E-state index contributed by atoms with van der Waals surface area (Å²) in [5.41, 5.74) is 0.973. The van der Waals surface area contributed by atoms with Crippen molar-refractivity contribution < 1.29 is 0 Å². The molecule has 0 saturated heterocycles. The summed E-state index contributed by atoms with van der Waals surface area (Å²) in [7, 11) is 0. The highest BCUT2D eigenvalue weighted by Crippen LogP contribution is 2.33. The molecule has 0 aliphatic rings. The van der Waals surface area contributed by atoms with Crippen LogP contribution in [0.1, 0.15) is 0 Å². The van der Waals surface area contributed by atoms with E-state index in [0.29, 0.717) is 10.8 Å². The summed E-state index contributed by atoms with van der Waals surface area (Å²) in [6, 6.07) is 14.0. The maximum atomic E-state index is 6.20. The monoisotopic (exact) mass is 410 g/mol. The van der Waals surface area contributed by atoms with Gasteiger partial charge in [-0.1, -0.05) is 51.8 Å². The summed E-state index contributed by atoms with van der Waals surface area (Å²) >= 11 is 13.1. The number of pyridine rings is 1. The molecule has 0 bridgehead atoms. The molecule has 0 fully saturated rings. The van der Waals surface area contributed by atoms with E-state index < -0.39 is 0 Å². The Morgan fingerprint density at radius 3 is 2.50 bits per heavy atom. The Morgan fingerprint density at radius 2 is 1.75 bits per heavy atom. The number of benzene rings is 2. The predicted octanol–water partition coefficient (Wildman–Crippen LogP) is 6.16. The fraction of sp³-hybridized carbons (Fsp3) is 0. The molecule has 0 amide bonds. The molecule has 0 atom stereocenters. The largest absolute Gasteiger partial charge is 0.338 e. The van der Waals surface area contributed by atoms with Gasteiger partial charge in [0.05, 0.1) is 5.02 Å². The van der Waals surface area contributed by atoms with Crippen LogP contribution in [0.25, 0.3) is 10.8 Å². The van der Waals surface area contributed by atoms with Crippen LogP contribution in [0.2, 0.25) is 5.02 Å². The molecule has 3 rings (SSSR count). The van der Waals surface area contributed by atoms with Crippen molar-refractivity contribution in [3.05, 3.63) is 62.6 Å². The van der Waals surface area contributed by atoms with Crippen molar-refractivity contribution >= 4 is 65.7 Å². The fourth-order valence-corrected chi connectivity index (χ4v) is 3.16. The minimum Gasteiger partial charge on any atom is -0.338 e. The number of aromatic nitrogens is 1. The first kappa shape index (κ1) is 13.9. The van der Waals surface area contributed by atoms with E-state index in [1.54, 1.807) is 6.20 Å². The summed E-state index contributed by atoms with van der Waals surface area (Å²) in [5, 5.41) is 6.12. The molecule has 1 aromatic heterocycles. The van der Waals surface area contributed by atoms with Crippen LogP contribution in [0, 0.1) is 0 Å². The minimum atomic E-state index is 0.575. The van der Waals surface area contributed by atoms with Crippen LogP contribution < -0.4 is 5.32 Å². The van der Waals surface area contributed by atoms with E-state index in [4.69, 9.17) is 11.6 Å². The number of rotatable bonds is 2. The average Bonchev–Trinajstić information content (AvgIpc) is 2.45. The lowest BCUT2D eigenvalue weighted by Crippen LogP contribution is -1.95. The standard InChI is InChI=1S/C15H9Br2ClN2/c16-9-7-13(18)15(19-8-9)20-14-6-5-12(17)10-3-1-2-4-11(10)14/h1-8H,(H,19,20). The van der Waals surface area contributed by atoms with Crippen molar-refractivity contribution in [2.75, 3.05) is 5.32 Å². The Labute approximate surface area is 138 Å². The highest BCUT2D eigenvalue weighted by atomic mass is 79.9. The molecule has 0 unspecified atom stereocenters. The first-order valence-electron chi connectivity index (χ1n) is 5.90. The van der Waals surface area contributed by atoms with Gasteiger partial charge in [0.1, 0.15) is 5.82 Å². The van der Waals surface area contributed by atoms with Gasteiger partial charge in [-0.25, -0.2) is 4.98 Å². The summed E-state index contributed by atoms with van der Waals surface area (Å²) < 4.78 is 1.92. The Kier molecular flexibility index (Phi) is 3.96. The number of halogens is 3. The van der Waals surface area contributed by atoms with E-state index in [0.717, 1.165) is 25.4 Å². The molecule has 2 nitrogen and oxygen atoms in total. The van der Waals surface area contributed by atoms with Crippen LogP contribution in [-0.4, -0.2) is 4.98 Å². The smallest absolute Gasteiger partial charge is 0.149 e. The zero-order chi connectivity index (χ0) is 14.1. The lowest BCUT2D eigenvalue weighted by molar-refractivity contribution is 1.29. The third-order valence-corrected chi connectivity index (χ3v) is 4.35. The third kappa shape index (κ3) is 2.68. The van der Waals surface area contributed by atoms with Crippen molar-refractivity contribution in [3.8, 4) is 0 Å². The molecular weight excluding hydrogens is 403 g/mol. The molecule has 1 N–H and O–H groups in total. The number of nitrogens with zero attached hydrogens (tertiary/aromatic N) is 1. The van der Waals surface area contributed by atoms with Crippen molar-refractivity contribution in [1.29, 1.82) is 0 Å².